The maximum absolute atomic E-state index is 9.34. The summed E-state index contributed by atoms with van der Waals surface area (Å²) in [5, 5.41) is 6.19. The van der Waals surface area contributed by atoms with Gasteiger partial charge in [0, 0.05) is 32.9 Å². The molecule has 0 atom stereocenters. The molecule has 2 nitrogen and oxygen atoms in total. The molecule has 0 radical (unpaired) electrons. The molecule has 2 heteroatoms. The second-order valence-corrected chi connectivity index (χ2v) is 12.4. The van der Waals surface area contributed by atoms with E-state index in [1.807, 2.05) is 91.0 Å². The van der Waals surface area contributed by atoms with E-state index >= 15 is 0 Å². The number of rotatable bonds is 5. The molecule has 0 amide bonds. The van der Waals surface area contributed by atoms with Crippen molar-refractivity contribution < 1.29 is 14.0 Å². The van der Waals surface area contributed by atoms with Gasteiger partial charge in [-0.05, 0) is 86.2 Å². The predicted molar refractivity (Wildman–Crippen MR) is 212 cm³/mol. The first-order valence-electron chi connectivity index (χ1n) is 20.0. The molecule has 9 aromatic carbocycles. The molecule has 10 rings (SSSR count). The summed E-state index contributed by atoms with van der Waals surface area (Å²) in [5.74, 6) is 0. The highest BCUT2D eigenvalue weighted by Crippen LogP contribution is 2.43. The lowest BCUT2D eigenvalue weighted by atomic mass is 9.97. The Labute approximate surface area is 299 Å². The fraction of sp³-hybridized carbons (Fsp3) is 0. The van der Waals surface area contributed by atoms with E-state index in [-0.39, 0.29) is 28.5 Å². The minimum absolute atomic E-state index is 0.00787. The molecule has 0 aliphatic rings. The second kappa shape index (κ2) is 11.5. The Bertz CT molecular complexity index is 3270. The van der Waals surface area contributed by atoms with Gasteiger partial charge in [-0.3, -0.25) is 0 Å². The maximum atomic E-state index is 9.34. The van der Waals surface area contributed by atoms with Crippen LogP contribution in [-0.2, 0) is 0 Å². The van der Waals surface area contributed by atoms with E-state index in [1.54, 1.807) is 4.90 Å². The van der Waals surface area contributed by atoms with Crippen LogP contribution in [0.5, 0.6) is 0 Å². The summed E-state index contributed by atoms with van der Waals surface area (Å²) in [4.78, 5) is 1.78. The van der Waals surface area contributed by atoms with Crippen molar-refractivity contribution in [2.24, 2.45) is 0 Å². The second-order valence-electron chi connectivity index (χ2n) is 12.4. The van der Waals surface area contributed by atoms with Crippen molar-refractivity contribution in [3.63, 3.8) is 0 Å². The number of nitrogens with zero attached hydrogens (tertiary/aromatic N) is 1. The van der Waals surface area contributed by atoms with Crippen LogP contribution in [0.2, 0.25) is 0 Å². The van der Waals surface area contributed by atoms with E-state index in [2.05, 4.69) is 54.6 Å². The Balaban J connectivity index is 1.21. The predicted octanol–water partition coefficient (Wildman–Crippen LogP) is 13.8. The Morgan fingerprint density at radius 3 is 2.06 bits per heavy atom. The largest absolute Gasteiger partial charge is 0.455 e. The molecule has 0 saturated carbocycles. The van der Waals surface area contributed by atoms with Gasteiger partial charge < -0.3 is 9.32 Å². The van der Waals surface area contributed by atoms with Gasteiger partial charge in [0.05, 0.1) is 15.3 Å². The van der Waals surface area contributed by atoms with E-state index in [0.717, 1.165) is 65.7 Å². The topological polar surface area (TPSA) is 16.4 Å². The number of anilines is 3. The molecule has 0 unspecified atom stereocenters. The van der Waals surface area contributed by atoms with E-state index in [1.165, 1.54) is 0 Å². The molecule has 0 spiro atoms. The van der Waals surface area contributed by atoms with E-state index < -0.39 is 30.2 Å². The fourth-order valence-electron chi connectivity index (χ4n) is 7.25. The normalized spacial score (nSPS) is 13.6. The van der Waals surface area contributed by atoms with E-state index in [4.69, 9.17) is 12.6 Å². The van der Waals surface area contributed by atoms with Crippen molar-refractivity contribution >= 4 is 71.3 Å². The SMILES string of the molecule is [2H]c1c([2H])c([2H])c2c(N(c3ccc(-c4cccc5oc6c7ccccc7ccc6c45)cc3)c3cccc(-c4cccc5ccccc45)c3)c([2H])c([2H])c([2H])c2c1[2H]. The summed E-state index contributed by atoms with van der Waals surface area (Å²) >= 11 is 0. The zero-order chi connectivity index (χ0) is 39.1. The third kappa shape index (κ3) is 4.57. The molecule has 234 valence electrons. The summed E-state index contributed by atoms with van der Waals surface area (Å²) in [7, 11) is 0. The third-order valence-corrected chi connectivity index (χ3v) is 9.54. The minimum Gasteiger partial charge on any atom is -0.455 e. The van der Waals surface area contributed by atoms with Gasteiger partial charge in [-0.2, -0.15) is 0 Å². The van der Waals surface area contributed by atoms with E-state index in [0.29, 0.717) is 11.4 Å². The zero-order valence-electron chi connectivity index (χ0n) is 33.7. The van der Waals surface area contributed by atoms with Crippen molar-refractivity contribution in [3.05, 3.63) is 188 Å². The van der Waals surface area contributed by atoms with Crippen molar-refractivity contribution in [1.29, 1.82) is 0 Å². The van der Waals surface area contributed by atoms with Crippen molar-refractivity contribution in [2.75, 3.05) is 4.90 Å². The van der Waals surface area contributed by atoms with Crippen LogP contribution in [0.4, 0.5) is 17.1 Å². The Kier molecular flexibility index (Phi) is 5.08. The molecular formula is C48H31NO. The third-order valence-electron chi connectivity index (χ3n) is 9.54. The average Bonchev–Trinajstić information content (AvgIpc) is 3.65. The minimum atomic E-state index is -0.494. The van der Waals surface area contributed by atoms with Crippen molar-refractivity contribution in [2.45, 2.75) is 0 Å². The quantitative estimate of drug-likeness (QED) is 0.185. The highest BCUT2D eigenvalue weighted by molar-refractivity contribution is 6.19. The number of furan rings is 1. The molecule has 0 aliphatic carbocycles. The van der Waals surface area contributed by atoms with Crippen LogP contribution in [0.25, 0.3) is 76.5 Å². The van der Waals surface area contributed by atoms with Crippen molar-refractivity contribution in [1.82, 2.24) is 0 Å². The van der Waals surface area contributed by atoms with Gasteiger partial charge in [0.15, 0.2) is 0 Å². The molecule has 1 aromatic heterocycles. The monoisotopic (exact) mass is 644 g/mol. The highest BCUT2D eigenvalue weighted by atomic mass is 16.3. The van der Waals surface area contributed by atoms with Crippen LogP contribution in [-0.4, -0.2) is 0 Å². The molecular weight excluding hydrogens is 607 g/mol. The molecule has 0 aliphatic heterocycles. The first-order chi connectivity index (χ1) is 27.7. The van der Waals surface area contributed by atoms with Crippen LogP contribution >= 0.6 is 0 Å². The lowest BCUT2D eigenvalue weighted by molar-refractivity contribution is 0.673. The van der Waals surface area contributed by atoms with Gasteiger partial charge in [0.25, 0.3) is 0 Å². The summed E-state index contributed by atoms with van der Waals surface area (Å²) < 4.78 is 68.4. The molecule has 0 bridgehead atoms. The number of hydrogen-bond acceptors (Lipinski definition) is 2. The lowest BCUT2D eigenvalue weighted by Crippen LogP contribution is -2.10. The lowest BCUT2D eigenvalue weighted by Gasteiger charge is -2.27. The van der Waals surface area contributed by atoms with Gasteiger partial charge in [-0.15, -0.1) is 0 Å². The molecule has 0 N–H and O–H groups in total. The van der Waals surface area contributed by atoms with Crippen molar-refractivity contribution in [3.8, 4) is 22.3 Å². The number of hydrogen-bond donors (Lipinski definition) is 0. The summed E-state index contributed by atoms with van der Waals surface area (Å²) in [5.41, 5.74) is 6.70. The molecule has 0 fully saturated rings. The van der Waals surface area contributed by atoms with Crippen LogP contribution < -0.4 is 4.90 Å². The zero-order valence-corrected chi connectivity index (χ0v) is 26.7. The molecule has 50 heavy (non-hydrogen) atoms. The summed E-state index contributed by atoms with van der Waals surface area (Å²) in [6.07, 6.45) is 0. The van der Waals surface area contributed by atoms with Gasteiger partial charge >= 0.3 is 0 Å². The highest BCUT2D eigenvalue weighted by Gasteiger charge is 2.18. The van der Waals surface area contributed by atoms with Gasteiger partial charge in [-0.1, -0.05) is 145 Å². The standard InChI is InChI=1S/C48H31NO/c1-4-18-39-32(11-1)14-8-21-40(39)36-16-7-17-38(31-36)49(45-23-9-15-33-12-2-5-19-41(33)45)37-28-25-35(26-29-37)42-22-10-24-46-47(42)44-30-27-34-13-3-6-20-43(34)48(44)50-46/h1-31H/i2D,5D,9D,12D,15D,19D,23D. The fourth-order valence-corrected chi connectivity index (χ4v) is 7.25. The van der Waals surface area contributed by atoms with Gasteiger partial charge in [-0.25, -0.2) is 0 Å². The van der Waals surface area contributed by atoms with Crippen LogP contribution in [0.15, 0.2) is 192 Å². The summed E-state index contributed by atoms with van der Waals surface area (Å²) in [6, 6.07) is 45.4. The smallest absolute Gasteiger partial charge is 0.143 e. The molecule has 10 aromatic rings. The van der Waals surface area contributed by atoms with Crippen LogP contribution in [0.1, 0.15) is 9.60 Å². The number of benzene rings is 9. The first-order valence-corrected chi connectivity index (χ1v) is 16.5. The van der Waals surface area contributed by atoms with E-state index in [9.17, 15) is 1.37 Å². The Hall–Kier alpha value is -6.64. The maximum Gasteiger partial charge on any atom is 0.143 e. The van der Waals surface area contributed by atoms with Crippen LogP contribution in [0, 0.1) is 0 Å². The Morgan fingerprint density at radius 2 is 1.16 bits per heavy atom. The Morgan fingerprint density at radius 1 is 0.440 bits per heavy atom. The first kappa shape index (κ1) is 22.1. The summed E-state index contributed by atoms with van der Waals surface area (Å²) in [6.45, 7) is 0. The molecule has 0 saturated heterocycles. The van der Waals surface area contributed by atoms with Gasteiger partial charge in [0.1, 0.15) is 11.2 Å². The average molecular weight is 645 g/mol. The van der Waals surface area contributed by atoms with Crippen LogP contribution in [0.3, 0.4) is 0 Å². The molecule has 1 heterocycles. The van der Waals surface area contributed by atoms with Gasteiger partial charge in [0.2, 0.25) is 0 Å². The number of fused-ring (bicyclic) bond motifs is 7.